The van der Waals surface area contributed by atoms with Gasteiger partial charge in [-0.3, -0.25) is 24.0 Å². The van der Waals surface area contributed by atoms with Gasteiger partial charge >= 0.3 is 29.8 Å². The van der Waals surface area contributed by atoms with Crippen molar-refractivity contribution in [2.24, 2.45) is 0 Å². The molecule has 13 nitrogen and oxygen atoms in total. The van der Waals surface area contributed by atoms with Crippen LogP contribution >= 0.6 is 11.8 Å². The molecule has 1 aromatic carbocycles. The molecule has 0 radical (unpaired) electrons. The Hall–Kier alpha value is -3.65. The summed E-state index contributed by atoms with van der Waals surface area (Å²) >= 11 is 0.946. The molecule has 0 spiro atoms. The van der Waals surface area contributed by atoms with E-state index >= 15 is 0 Å². The van der Waals surface area contributed by atoms with E-state index in [1.54, 1.807) is 30.3 Å². The lowest BCUT2D eigenvalue weighted by Gasteiger charge is -2.48. The summed E-state index contributed by atoms with van der Waals surface area (Å²) in [6, 6.07) is 7.43. The molecule has 220 valence electrons. The van der Waals surface area contributed by atoms with Crippen molar-refractivity contribution in [2.75, 3.05) is 13.7 Å². The van der Waals surface area contributed by atoms with Crippen molar-refractivity contribution >= 4 is 47.5 Å². The number of thioether (sulfide) groups is 1. The van der Waals surface area contributed by atoms with Gasteiger partial charge < -0.3 is 33.7 Å². The van der Waals surface area contributed by atoms with E-state index in [1.165, 1.54) is 6.92 Å². The van der Waals surface area contributed by atoms with E-state index in [1.807, 2.05) is 0 Å². The Morgan fingerprint density at radius 1 is 0.950 bits per heavy atom. The third-order valence-electron chi connectivity index (χ3n) is 5.52. The van der Waals surface area contributed by atoms with Gasteiger partial charge in [-0.15, -0.1) is 0 Å². The van der Waals surface area contributed by atoms with Gasteiger partial charge in [-0.25, -0.2) is 4.79 Å². The first-order chi connectivity index (χ1) is 18.8. The predicted octanol–water partition coefficient (Wildman–Crippen LogP) is 1.30. The number of hydrogen-bond acceptors (Lipinski definition) is 13. The first-order valence-corrected chi connectivity index (χ1v) is 13.0. The number of amides is 1. The van der Waals surface area contributed by atoms with Gasteiger partial charge in [0, 0.05) is 45.9 Å². The first kappa shape index (κ1) is 32.6. The van der Waals surface area contributed by atoms with E-state index in [0.29, 0.717) is 4.90 Å². The van der Waals surface area contributed by atoms with Crippen molar-refractivity contribution in [1.82, 2.24) is 5.32 Å². The topological polar surface area (TPSA) is 170 Å². The van der Waals surface area contributed by atoms with Gasteiger partial charge in [-0.2, -0.15) is 0 Å². The van der Waals surface area contributed by atoms with Crippen LogP contribution in [0.25, 0.3) is 0 Å². The SMILES string of the molecule is COC(=O)C1(Sc2ccccc2)C[C@H](OC(C)=O)[C@@H](NC(C)=O)[C@@H]([C@H](OC(C)=O)[C@@H](COC(C)=O)OC(C)=O)O1. The van der Waals surface area contributed by atoms with E-state index in [2.05, 4.69) is 5.32 Å². The maximum Gasteiger partial charge on any atom is 0.349 e. The molecule has 1 aliphatic heterocycles. The zero-order chi connectivity index (χ0) is 30.0. The number of ether oxygens (including phenoxy) is 6. The third kappa shape index (κ3) is 9.23. The molecule has 1 saturated heterocycles. The first-order valence-electron chi connectivity index (χ1n) is 12.2. The van der Waals surface area contributed by atoms with Crippen molar-refractivity contribution < 1.29 is 57.2 Å². The van der Waals surface area contributed by atoms with Gasteiger partial charge in [0.25, 0.3) is 0 Å². The largest absolute Gasteiger partial charge is 0.466 e. The second-order valence-electron chi connectivity index (χ2n) is 8.84. The Morgan fingerprint density at radius 2 is 1.57 bits per heavy atom. The summed E-state index contributed by atoms with van der Waals surface area (Å²) < 4.78 is 32.9. The van der Waals surface area contributed by atoms with Crippen LogP contribution in [-0.2, 0) is 57.2 Å². The number of methoxy groups -OCH3 is 1. The van der Waals surface area contributed by atoms with Gasteiger partial charge in [0.15, 0.2) is 12.2 Å². The number of benzene rings is 1. The van der Waals surface area contributed by atoms with Gasteiger partial charge in [0.05, 0.1) is 13.2 Å². The number of esters is 5. The van der Waals surface area contributed by atoms with Crippen LogP contribution < -0.4 is 5.32 Å². The molecule has 1 amide bonds. The number of carbonyl (C=O) groups is 6. The minimum atomic E-state index is -1.89. The van der Waals surface area contributed by atoms with Crippen LogP contribution in [0.5, 0.6) is 0 Å². The summed E-state index contributed by atoms with van der Waals surface area (Å²) in [5.41, 5.74) is 0. The number of carbonyl (C=O) groups excluding carboxylic acids is 6. The highest BCUT2D eigenvalue weighted by Gasteiger charge is 2.58. The van der Waals surface area contributed by atoms with Gasteiger partial charge in [0.1, 0.15) is 18.8 Å². The quantitative estimate of drug-likeness (QED) is 0.292. The summed E-state index contributed by atoms with van der Waals surface area (Å²) in [7, 11) is 1.14. The minimum absolute atomic E-state index is 0.283. The second-order valence-corrected chi connectivity index (χ2v) is 10.2. The number of nitrogens with one attached hydrogen (secondary N) is 1. The van der Waals surface area contributed by atoms with Crippen LogP contribution in [0.4, 0.5) is 0 Å². The third-order valence-corrected chi connectivity index (χ3v) is 6.79. The van der Waals surface area contributed by atoms with Gasteiger partial charge in [-0.05, 0) is 12.1 Å². The average Bonchev–Trinajstić information content (AvgIpc) is 2.85. The smallest absolute Gasteiger partial charge is 0.349 e. The highest BCUT2D eigenvalue weighted by Crippen LogP contribution is 2.45. The van der Waals surface area contributed by atoms with Crippen molar-refractivity contribution in [3.63, 3.8) is 0 Å². The highest BCUT2D eigenvalue weighted by atomic mass is 32.2. The molecule has 0 bridgehead atoms. The summed E-state index contributed by atoms with van der Waals surface area (Å²) in [5.74, 6) is -4.54. The predicted molar refractivity (Wildman–Crippen MR) is 137 cm³/mol. The molecule has 0 aliphatic carbocycles. The second kappa shape index (κ2) is 14.7. The van der Waals surface area contributed by atoms with Crippen molar-refractivity contribution in [3.8, 4) is 0 Å². The number of rotatable bonds is 11. The molecule has 2 rings (SSSR count). The molecule has 0 aromatic heterocycles. The summed E-state index contributed by atoms with van der Waals surface area (Å²) in [5, 5.41) is 2.63. The lowest BCUT2D eigenvalue weighted by atomic mass is 9.89. The number of hydrogen-bond donors (Lipinski definition) is 1. The Morgan fingerprint density at radius 3 is 2.08 bits per heavy atom. The molecule has 40 heavy (non-hydrogen) atoms. The molecule has 14 heteroatoms. The van der Waals surface area contributed by atoms with Crippen molar-refractivity contribution in [3.05, 3.63) is 30.3 Å². The van der Waals surface area contributed by atoms with E-state index in [4.69, 9.17) is 28.4 Å². The van der Waals surface area contributed by atoms with Gasteiger partial charge in [-0.1, -0.05) is 30.0 Å². The standard InChI is InChI=1S/C26H33NO12S/c1-14(28)27-22-20(36-16(3)30)12-26(25(33)34-6,40-19-10-8-7-9-11-19)39-24(22)23(38-18(5)32)21(37-17(4)31)13-35-15(2)29/h7-11,20-24H,12-13H2,1-6H3,(H,27,28)/t20-,21+,22+,23+,24-,26?/m0/s1. The van der Waals surface area contributed by atoms with Crippen molar-refractivity contribution in [2.45, 2.75) is 81.3 Å². The lowest BCUT2D eigenvalue weighted by molar-refractivity contribution is -0.224. The normalized spacial score (nSPS) is 23.5. The van der Waals surface area contributed by atoms with E-state index in [0.717, 1.165) is 46.6 Å². The van der Waals surface area contributed by atoms with Crippen LogP contribution in [0.3, 0.4) is 0 Å². The fraction of sp³-hybridized carbons (Fsp3) is 0.538. The molecular weight excluding hydrogens is 550 g/mol. The van der Waals surface area contributed by atoms with Crippen molar-refractivity contribution in [1.29, 1.82) is 0 Å². The monoisotopic (exact) mass is 583 g/mol. The molecular formula is C26H33NO12S. The molecule has 1 aromatic rings. The molecule has 1 aliphatic rings. The molecule has 0 saturated carbocycles. The zero-order valence-electron chi connectivity index (χ0n) is 23.0. The van der Waals surface area contributed by atoms with Crippen LogP contribution in [0.15, 0.2) is 35.2 Å². The Bertz CT molecular complexity index is 1100. The summed E-state index contributed by atoms with van der Waals surface area (Å²) in [6.07, 6.45) is -5.98. The average molecular weight is 584 g/mol. The van der Waals surface area contributed by atoms with E-state index in [-0.39, 0.29) is 6.42 Å². The fourth-order valence-electron chi connectivity index (χ4n) is 4.18. The summed E-state index contributed by atoms with van der Waals surface area (Å²) in [4.78, 5) is 72.3. The molecule has 1 unspecified atom stereocenters. The van der Waals surface area contributed by atoms with Crippen LogP contribution in [-0.4, -0.2) is 84.9 Å². The van der Waals surface area contributed by atoms with E-state index < -0.39 is 77.8 Å². The molecule has 1 N–H and O–H groups in total. The Kier molecular flexibility index (Phi) is 11.9. The lowest BCUT2D eigenvalue weighted by Crippen LogP contribution is -2.68. The minimum Gasteiger partial charge on any atom is -0.466 e. The molecule has 1 heterocycles. The Balaban J connectivity index is 2.76. The zero-order valence-corrected chi connectivity index (χ0v) is 23.8. The van der Waals surface area contributed by atoms with Crippen LogP contribution in [0.2, 0.25) is 0 Å². The maximum atomic E-state index is 13.3. The Labute approximate surface area is 235 Å². The van der Waals surface area contributed by atoms with Gasteiger partial charge in [0.2, 0.25) is 10.8 Å². The molecule has 6 atom stereocenters. The molecule has 1 fully saturated rings. The fourth-order valence-corrected chi connectivity index (χ4v) is 5.43. The van der Waals surface area contributed by atoms with Crippen LogP contribution in [0, 0.1) is 0 Å². The maximum absolute atomic E-state index is 13.3. The summed E-state index contributed by atoms with van der Waals surface area (Å²) in [6.45, 7) is 5.07. The highest BCUT2D eigenvalue weighted by molar-refractivity contribution is 8.01. The van der Waals surface area contributed by atoms with Crippen LogP contribution in [0.1, 0.15) is 41.0 Å². The van der Waals surface area contributed by atoms with E-state index in [9.17, 15) is 28.8 Å².